The minimum Gasteiger partial charge on any atom is -0.265 e. The van der Waals surface area contributed by atoms with Crippen LogP contribution in [0.3, 0.4) is 0 Å². The van der Waals surface area contributed by atoms with Crippen LogP contribution in [0.4, 0.5) is 0 Å². The van der Waals surface area contributed by atoms with Crippen LogP contribution in [-0.2, 0) is 0 Å². The number of aromatic nitrogens is 4. The predicted molar refractivity (Wildman–Crippen MR) is 136 cm³/mol. The molecular formula is C28H22N4Si. The Balaban J connectivity index is 1.54. The van der Waals surface area contributed by atoms with E-state index >= 15 is 0 Å². The van der Waals surface area contributed by atoms with Crippen LogP contribution in [0.1, 0.15) is 0 Å². The van der Waals surface area contributed by atoms with Crippen LogP contribution in [0.2, 0.25) is 13.1 Å². The van der Waals surface area contributed by atoms with Crippen LogP contribution in [0.25, 0.3) is 45.3 Å². The molecule has 0 spiro atoms. The first-order valence-corrected chi connectivity index (χ1v) is 14.1. The summed E-state index contributed by atoms with van der Waals surface area (Å²) < 4.78 is 0. The Morgan fingerprint density at radius 2 is 1.09 bits per heavy atom. The van der Waals surface area contributed by atoms with Crippen LogP contribution < -0.4 is 10.4 Å². The largest absolute Gasteiger partial charge is 0.265 e. The number of benzene rings is 3. The molecule has 0 bridgehead atoms. The molecule has 4 nitrogen and oxygen atoms in total. The van der Waals surface area contributed by atoms with Crippen molar-refractivity contribution in [3.63, 3.8) is 0 Å². The number of hydrogen-bond acceptors (Lipinski definition) is 4. The third-order valence-corrected chi connectivity index (χ3v) is 9.99. The number of pyridine rings is 1. The molecule has 1 aliphatic heterocycles. The van der Waals surface area contributed by atoms with E-state index in [1.54, 1.807) is 12.4 Å². The lowest BCUT2D eigenvalue weighted by Gasteiger charge is -2.19. The minimum atomic E-state index is -1.78. The predicted octanol–water partition coefficient (Wildman–Crippen LogP) is 5.07. The fourth-order valence-corrected chi connectivity index (χ4v) is 7.80. The Hall–Kier alpha value is -3.96. The summed E-state index contributed by atoms with van der Waals surface area (Å²) in [6.07, 6.45) is 3.53. The Morgan fingerprint density at radius 3 is 1.82 bits per heavy atom. The molecule has 5 aromatic rings. The normalized spacial score (nSPS) is 13.4. The summed E-state index contributed by atoms with van der Waals surface area (Å²) in [7, 11) is -1.78. The lowest BCUT2D eigenvalue weighted by molar-refractivity contribution is 1.07. The molecule has 33 heavy (non-hydrogen) atoms. The van der Waals surface area contributed by atoms with E-state index in [1.807, 2.05) is 42.5 Å². The summed E-state index contributed by atoms with van der Waals surface area (Å²) in [5.41, 5.74) is 5.64. The van der Waals surface area contributed by atoms with Gasteiger partial charge in [0.05, 0.1) is 0 Å². The fourth-order valence-electron chi connectivity index (χ4n) is 4.69. The van der Waals surface area contributed by atoms with Gasteiger partial charge in [-0.2, -0.15) is 0 Å². The van der Waals surface area contributed by atoms with E-state index in [0.29, 0.717) is 17.5 Å². The van der Waals surface area contributed by atoms with E-state index in [1.165, 1.54) is 21.5 Å². The molecular weight excluding hydrogens is 420 g/mol. The van der Waals surface area contributed by atoms with Gasteiger partial charge in [-0.05, 0) is 33.6 Å². The Labute approximate surface area is 194 Å². The van der Waals surface area contributed by atoms with E-state index in [-0.39, 0.29) is 0 Å². The van der Waals surface area contributed by atoms with Crippen molar-refractivity contribution in [2.75, 3.05) is 0 Å². The summed E-state index contributed by atoms with van der Waals surface area (Å²) in [6, 6.07) is 29.5. The van der Waals surface area contributed by atoms with E-state index in [9.17, 15) is 0 Å². The van der Waals surface area contributed by atoms with Crippen LogP contribution >= 0.6 is 0 Å². The SMILES string of the molecule is C[Si]1(C)c2ccccc2-c2ccc(-c3nc(-c4ccccc4)nc(-c4ccncc4)n3)cc21. The quantitative estimate of drug-likeness (QED) is 0.366. The van der Waals surface area contributed by atoms with Crippen molar-refractivity contribution in [2.24, 2.45) is 0 Å². The van der Waals surface area contributed by atoms with Gasteiger partial charge in [-0.1, -0.05) is 85.9 Å². The second-order valence-electron chi connectivity index (χ2n) is 8.84. The van der Waals surface area contributed by atoms with Gasteiger partial charge in [0, 0.05) is 29.1 Å². The fraction of sp³-hybridized carbons (Fsp3) is 0.0714. The highest BCUT2D eigenvalue weighted by atomic mass is 28.3. The van der Waals surface area contributed by atoms with E-state index in [2.05, 4.69) is 60.5 Å². The molecule has 2 aromatic heterocycles. The lowest BCUT2D eigenvalue weighted by atomic mass is 10.0. The smallest absolute Gasteiger partial charge is 0.164 e. The molecule has 0 saturated heterocycles. The maximum absolute atomic E-state index is 4.90. The van der Waals surface area contributed by atoms with Crippen LogP contribution in [0.15, 0.2) is 97.3 Å². The van der Waals surface area contributed by atoms with Crippen LogP contribution in [0.5, 0.6) is 0 Å². The second kappa shape index (κ2) is 7.57. The molecule has 6 rings (SSSR count). The highest BCUT2D eigenvalue weighted by Crippen LogP contribution is 2.31. The summed E-state index contributed by atoms with van der Waals surface area (Å²) in [5.74, 6) is 2.02. The molecule has 0 N–H and O–H groups in total. The first-order chi connectivity index (χ1) is 16.1. The molecule has 0 aliphatic carbocycles. The zero-order chi connectivity index (χ0) is 22.4. The first-order valence-electron chi connectivity index (χ1n) is 11.1. The Kier molecular flexibility index (Phi) is 4.52. The monoisotopic (exact) mass is 442 g/mol. The van der Waals surface area contributed by atoms with Gasteiger partial charge in [0.2, 0.25) is 0 Å². The van der Waals surface area contributed by atoms with Crippen molar-refractivity contribution >= 4 is 18.4 Å². The molecule has 5 heteroatoms. The van der Waals surface area contributed by atoms with Crippen molar-refractivity contribution in [1.82, 2.24) is 19.9 Å². The average Bonchev–Trinajstić information content (AvgIpc) is 3.11. The van der Waals surface area contributed by atoms with Crippen LogP contribution in [0, 0.1) is 0 Å². The zero-order valence-corrected chi connectivity index (χ0v) is 19.5. The molecule has 3 heterocycles. The Morgan fingerprint density at radius 1 is 0.515 bits per heavy atom. The van der Waals surface area contributed by atoms with Gasteiger partial charge in [0.25, 0.3) is 0 Å². The molecule has 0 saturated carbocycles. The molecule has 0 fully saturated rings. The van der Waals surface area contributed by atoms with Crippen molar-refractivity contribution in [2.45, 2.75) is 13.1 Å². The number of hydrogen-bond donors (Lipinski definition) is 0. The molecule has 0 radical (unpaired) electrons. The molecule has 0 amide bonds. The molecule has 1 aliphatic rings. The van der Waals surface area contributed by atoms with E-state index in [0.717, 1.165) is 16.7 Å². The topological polar surface area (TPSA) is 51.6 Å². The molecule has 3 aromatic carbocycles. The van der Waals surface area contributed by atoms with Gasteiger partial charge >= 0.3 is 0 Å². The summed E-state index contributed by atoms with van der Waals surface area (Å²) >= 11 is 0. The Bertz CT molecular complexity index is 1420. The number of rotatable bonds is 3. The van der Waals surface area contributed by atoms with Crippen molar-refractivity contribution < 1.29 is 0 Å². The summed E-state index contributed by atoms with van der Waals surface area (Å²) in [6.45, 7) is 4.85. The summed E-state index contributed by atoms with van der Waals surface area (Å²) in [4.78, 5) is 18.7. The zero-order valence-electron chi connectivity index (χ0n) is 18.5. The van der Waals surface area contributed by atoms with Gasteiger partial charge in [0.15, 0.2) is 17.5 Å². The van der Waals surface area contributed by atoms with Gasteiger partial charge in [-0.25, -0.2) is 15.0 Å². The molecule has 0 unspecified atom stereocenters. The van der Waals surface area contributed by atoms with Gasteiger partial charge in [-0.15, -0.1) is 0 Å². The first kappa shape index (κ1) is 19.7. The average molecular weight is 443 g/mol. The van der Waals surface area contributed by atoms with Gasteiger partial charge in [-0.3, -0.25) is 4.98 Å². The highest BCUT2D eigenvalue weighted by molar-refractivity contribution is 7.03. The van der Waals surface area contributed by atoms with Gasteiger partial charge < -0.3 is 0 Å². The third-order valence-electron chi connectivity index (χ3n) is 6.45. The minimum absolute atomic E-state index is 0.654. The van der Waals surface area contributed by atoms with Crippen molar-refractivity contribution in [3.05, 3.63) is 97.3 Å². The number of fused-ring (bicyclic) bond motifs is 3. The maximum Gasteiger partial charge on any atom is 0.164 e. The van der Waals surface area contributed by atoms with Crippen molar-refractivity contribution in [1.29, 1.82) is 0 Å². The summed E-state index contributed by atoms with van der Waals surface area (Å²) in [5, 5.41) is 2.93. The van der Waals surface area contributed by atoms with Gasteiger partial charge in [0.1, 0.15) is 8.07 Å². The highest BCUT2D eigenvalue weighted by Gasteiger charge is 2.37. The van der Waals surface area contributed by atoms with E-state index < -0.39 is 8.07 Å². The third kappa shape index (κ3) is 3.29. The maximum atomic E-state index is 4.90. The van der Waals surface area contributed by atoms with Crippen LogP contribution in [-0.4, -0.2) is 28.0 Å². The standard InChI is InChI=1S/C28H22N4Si/c1-33(2)24-11-7-6-10-22(24)23-13-12-21(18-25(23)33)28-31-26(19-8-4-3-5-9-19)30-27(32-28)20-14-16-29-17-15-20/h3-18H,1-2H3. The van der Waals surface area contributed by atoms with E-state index in [4.69, 9.17) is 15.0 Å². The van der Waals surface area contributed by atoms with Crippen molar-refractivity contribution in [3.8, 4) is 45.3 Å². The number of nitrogens with zero attached hydrogens (tertiary/aromatic N) is 4. The molecule has 158 valence electrons. The second-order valence-corrected chi connectivity index (χ2v) is 13.2. The lowest BCUT2D eigenvalue weighted by Crippen LogP contribution is -2.49. The molecule has 0 atom stereocenters.